The summed E-state index contributed by atoms with van der Waals surface area (Å²) in [6.07, 6.45) is 6.53. The number of nitrogens with one attached hydrogen (secondary N) is 1. The van der Waals surface area contributed by atoms with Crippen molar-refractivity contribution in [2.75, 3.05) is 11.1 Å². The number of fused-ring (bicyclic) bond motifs is 6. The summed E-state index contributed by atoms with van der Waals surface area (Å²) in [7, 11) is 3.57. The molecule has 0 radical (unpaired) electrons. The number of benzene rings is 2. The highest BCUT2D eigenvalue weighted by atomic mass is 127. The first-order chi connectivity index (χ1) is 26.2. The summed E-state index contributed by atoms with van der Waals surface area (Å²) in [5, 5.41) is 11.6. The van der Waals surface area contributed by atoms with Gasteiger partial charge < -0.3 is 22.5 Å². The Bertz CT molecular complexity index is 2510. The quantitative estimate of drug-likeness (QED) is 0.0799. The molecule has 280 valence electrons. The lowest BCUT2D eigenvalue weighted by molar-refractivity contribution is 0.0985. The highest BCUT2D eigenvalue weighted by Crippen LogP contribution is 2.35. The van der Waals surface area contributed by atoms with Gasteiger partial charge in [0.15, 0.2) is 26.8 Å². The predicted octanol–water partition coefficient (Wildman–Crippen LogP) is 4.17. The van der Waals surface area contributed by atoms with Crippen molar-refractivity contribution in [1.29, 1.82) is 0 Å². The fourth-order valence-electron chi connectivity index (χ4n) is 6.58. The van der Waals surface area contributed by atoms with Crippen LogP contribution in [0.5, 0.6) is 0 Å². The summed E-state index contributed by atoms with van der Waals surface area (Å²) in [6, 6.07) is 14.2. The van der Waals surface area contributed by atoms with E-state index in [9.17, 15) is 19.2 Å². The molecule has 17 heteroatoms. The van der Waals surface area contributed by atoms with E-state index in [1.807, 2.05) is 24.4 Å². The van der Waals surface area contributed by atoms with Crippen LogP contribution in [0, 0.1) is 3.83 Å². The molecule has 0 spiro atoms. The zero-order valence-electron chi connectivity index (χ0n) is 30.4. The van der Waals surface area contributed by atoms with Gasteiger partial charge in [-0.15, -0.1) is 0 Å². The summed E-state index contributed by atoms with van der Waals surface area (Å²) in [5.41, 5.74) is 26.3. The summed E-state index contributed by atoms with van der Waals surface area (Å²) < 4.78 is 3.99. The van der Waals surface area contributed by atoms with Gasteiger partial charge in [-0.3, -0.25) is 28.5 Å². The van der Waals surface area contributed by atoms with E-state index in [-0.39, 0.29) is 17.3 Å². The van der Waals surface area contributed by atoms with Crippen LogP contribution in [0.15, 0.2) is 60.9 Å². The van der Waals surface area contributed by atoms with Gasteiger partial charge in [0.1, 0.15) is 0 Å². The number of carbonyl (C=O) groups is 4. The molecule has 0 fully saturated rings. The molecule has 0 saturated carbocycles. The molecular weight excluding hydrogens is 815 g/mol. The lowest BCUT2D eigenvalue weighted by atomic mass is 9.93. The fraction of sp³-hybridized carbons (Fsp3) is 0.211. The first-order valence-electron chi connectivity index (χ1n) is 17.1. The molecule has 2 aliphatic rings. The maximum atomic E-state index is 11.8. The number of para-hydroxylation sites is 2. The second kappa shape index (κ2) is 15.9. The zero-order valence-corrected chi connectivity index (χ0v) is 32.6. The molecule has 7 N–H and O–H groups in total. The van der Waals surface area contributed by atoms with Crippen LogP contribution in [0.3, 0.4) is 0 Å². The molecule has 4 heterocycles. The van der Waals surface area contributed by atoms with E-state index < -0.39 is 11.8 Å². The third-order valence-corrected chi connectivity index (χ3v) is 9.61. The maximum absolute atomic E-state index is 11.8. The van der Waals surface area contributed by atoms with Crippen LogP contribution < -0.4 is 22.5 Å². The number of aromatic nitrogens is 8. The summed E-state index contributed by atoms with van der Waals surface area (Å²) in [6.45, 7) is 3.02. The minimum absolute atomic E-state index is 0.0121. The monoisotopic (exact) mass is 852 g/mol. The molecule has 2 aromatic carbocycles. The number of nitrogens with two attached hydrogens (primary N) is 3. The van der Waals surface area contributed by atoms with Gasteiger partial charge in [0.25, 0.3) is 11.8 Å². The van der Waals surface area contributed by atoms with Crippen LogP contribution in [0.4, 0.5) is 17.3 Å². The van der Waals surface area contributed by atoms with Crippen LogP contribution in [-0.2, 0) is 39.8 Å². The van der Waals surface area contributed by atoms with Crippen molar-refractivity contribution in [2.24, 2.45) is 25.6 Å². The minimum atomic E-state index is -0.543. The van der Waals surface area contributed by atoms with E-state index in [2.05, 4.69) is 58.0 Å². The Morgan fingerprint density at radius 3 is 1.69 bits per heavy atom. The van der Waals surface area contributed by atoms with Crippen LogP contribution in [0.2, 0.25) is 0 Å². The zero-order chi connectivity index (χ0) is 39.6. The summed E-state index contributed by atoms with van der Waals surface area (Å²) >= 11 is 2.07. The SMILES string of the molecule is CC(=O)c1ccccc1N.CC(=O)c1ccccc1Nc1ncc2c(n1)-c1c(c(C(N)=O)nn1C)CC2.Cn1nc(C(N)=O)c2c1-c1nc(I)ncc1CC2. The molecule has 4 aromatic heterocycles. The predicted molar refractivity (Wildman–Crippen MR) is 214 cm³/mol. The number of primary amides is 2. The molecule has 6 aromatic rings. The van der Waals surface area contributed by atoms with Gasteiger partial charge in [-0.1, -0.05) is 24.3 Å². The van der Waals surface area contributed by atoms with E-state index in [0.29, 0.717) is 50.8 Å². The summed E-state index contributed by atoms with van der Waals surface area (Å²) in [4.78, 5) is 63.3. The number of amides is 2. The van der Waals surface area contributed by atoms with Crippen molar-refractivity contribution in [3.8, 4) is 22.8 Å². The Morgan fingerprint density at radius 2 is 1.18 bits per heavy atom. The molecular formula is C38H37IN12O4. The number of Topliss-reactive ketones (excluding diaryl/α,β-unsaturated/α-hetero) is 2. The van der Waals surface area contributed by atoms with Gasteiger partial charge in [-0.2, -0.15) is 10.2 Å². The van der Waals surface area contributed by atoms with Gasteiger partial charge in [0.05, 0.1) is 28.5 Å². The average molecular weight is 853 g/mol. The number of nitrogen functional groups attached to an aromatic ring is 1. The lowest BCUT2D eigenvalue weighted by Crippen LogP contribution is -2.16. The second-order valence-electron chi connectivity index (χ2n) is 12.8. The second-order valence-corrected chi connectivity index (χ2v) is 13.7. The van der Waals surface area contributed by atoms with Crippen molar-refractivity contribution in [3.63, 3.8) is 0 Å². The number of carbonyl (C=O) groups excluding carboxylic acids is 4. The van der Waals surface area contributed by atoms with E-state index in [0.717, 1.165) is 57.9 Å². The highest BCUT2D eigenvalue weighted by Gasteiger charge is 2.29. The average Bonchev–Trinajstić information content (AvgIpc) is 3.69. The Balaban J connectivity index is 0.000000157. The van der Waals surface area contributed by atoms with E-state index in [1.165, 1.54) is 13.8 Å². The van der Waals surface area contributed by atoms with Crippen LogP contribution in [0.25, 0.3) is 22.8 Å². The number of hydrogen-bond donors (Lipinski definition) is 4. The van der Waals surface area contributed by atoms with E-state index in [1.54, 1.807) is 60.0 Å². The van der Waals surface area contributed by atoms with Crippen molar-refractivity contribution in [3.05, 3.63) is 110 Å². The molecule has 0 unspecified atom stereocenters. The van der Waals surface area contributed by atoms with Gasteiger partial charge >= 0.3 is 0 Å². The number of ketones is 2. The third-order valence-electron chi connectivity index (χ3n) is 9.09. The fourth-order valence-corrected chi connectivity index (χ4v) is 6.96. The minimum Gasteiger partial charge on any atom is -0.398 e. The molecule has 2 amide bonds. The number of hydrogen-bond acceptors (Lipinski definition) is 12. The van der Waals surface area contributed by atoms with Crippen molar-refractivity contribution < 1.29 is 19.2 Å². The molecule has 0 bridgehead atoms. The Kier molecular flexibility index (Phi) is 11.1. The van der Waals surface area contributed by atoms with Gasteiger partial charge in [-0.25, -0.2) is 19.9 Å². The molecule has 0 atom stereocenters. The van der Waals surface area contributed by atoms with Crippen molar-refractivity contribution in [1.82, 2.24) is 39.5 Å². The normalized spacial score (nSPS) is 11.9. The number of nitrogens with zero attached hydrogens (tertiary/aromatic N) is 8. The van der Waals surface area contributed by atoms with Crippen molar-refractivity contribution >= 4 is 63.3 Å². The largest absolute Gasteiger partial charge is 0.398 e. The van der Waals surface area contributed by atoms with E-state index in [4.69, 9.17) is 17.2 Å². The number of rotatable bonds is 6. The van der Waals surface area contributed by atoms with Gasteiger partial charge in [0.2, 0.25) is 5.95 Å². The number of anilines is 3. The molecule has 2 aliphatic carbocycles. The van der Waals surface area contributed by atoms with Crippen molar-refractivity contribution in [2.45, 2.75) is 39.5 Å². The highest BCUT2D eigenvalue weighted by molar-refractivity contribution is 14.1. The van der Waals surface area contributed by atoms with Gasteiger partial charge in [0, 0.05) is 77.0 Å². The molecule has 0 saturated heterocycles. The third kappa shape index (κ3) is 7.96. The van der Waals surface area contributed by atoms with E-state index >= 15 is 0 Å². The first-order valence-corrected chi connectivity index (χ1v) is 18.1. The molecule has 16 nitrogen and oxygen atoms in total. The topological polar surface area (TPSA) is 246 Å². The Hall–Kier alpha value is -6.37. The van der Waals surface area contributed by atoms with Crippen LogP contribution in [0.1, 0.15) is 77.8 Å². The van der Waals surface area contributed by atoms with Gasteiger partial charge in [-0.05, 0) is 74.9 Å². The first kappa shape index (κ1) is 38.4. The maximum Gasteiger partial charge on any atom is 0.269 e. The Labute approximate surface area is 329 Å². The number of aryl methyl sites for hydroxylation is 4. The molecule has 8 rings (SSSR count). The summed E-state index contributed by atoms with van der Waals surface area (Å²) in [5.74, 6) is -0.691. The number of halogens is 1. The smallest absolute Gasteiger partial charge is 0.269 e. The molecule has 0 aliphatic heterocycles. The Morgan fingerprint density at radius 1 is 0.691 bits per heavy atom. The standard InChI is InChI=1S/C19H18N6O2.C11H10IN5O.C8H9NO/c1-10(26)12-5-3-4-6-14(12)22-19-21-9-11-7-8-13-16(18(20)27)24-25(2)17(13)15(11)23-19;1-17-9-6(8(16-17)10(13)18)3-2-5-4-14-11(12)15-7(5)9;1-6(10)7-4-2-3-5-8(7)9/h3-6,9H,7-8H2,1-2H3,(H2,20,27)(H,21,22,23);4H,2-3H2,1H3,(H2,13,18);2-5H,9H2,1H3. The molecule has 55 heavy (non-hydrogen) atoms. The van der Waals surface area contributed by atoms with Crippen LogP contribution >= 0.6 is 22.6 Å². The lowest BCUT2D eigenvalue weighted by Gasteiger charge is -2.17. The van der Waals surface area contributed by atoms with Crippen LogP contribution in [-0.4, -0.2) is 62.9 Å².